The van der Waals surface area contributed by atoms with Gasteiger partial charge in [-0.05, 0) is 30.3 Å². The molecule has 0 saturated carbocycles. The standard InChI is InChI=1S/C15H11BrN2O3/c1-20-13-8-10(5-6-12(13)19)15-17-14(18-21-15)9-3-2-4-11(16)7-9/h2-8,19H,1H3. The summed E-state index contributed by atoms with van der Waals surface area (Å²) in [6.45, 7) is 0. The van der Waals surface area contributed by atoms with Crippen molar-refractivity contribution in [3.05, 3.63) is 46.9 Å². The van der Waals surface area contributed by atoms with E-state index >= 15 is 0 Å². The van der Waals surface area contributed by atoms with E-state index in [0.29, 0.717) is 23.0 Å². The second-order valence-electron chi connectivity index (χ2n) is 4.32. The number of ether oxygens (including phenoxy) is 1. The number of benzene rings is 2. The van der Waals surface area contributed by atoms with Gasteiger partial charge in [0.25, 0.3) is 5.89 Å². The molecule has 0 aliphatic carbocycles. The van der Waals surface area contributed by atoms with Gasteiger partial charge in [0.1, 0.15) is 0 Å². The Kier molecular flexibility index (Phi) is 3.62. The van der Waals surface area contributed by atoms with E-state index in [1.165, 1.54) is 13.2 Å². The van der Waals surface area contributed by atoms with Crippen LogP contribution in [-0.2, 0) is 0 Å². The van der Waals surface area contributed by atoms with Gasteiger partial charge in [0.2, 0.25) is 5.82 Å². The molecule has 1 N–H and O–H groups in total. The van der Waals surface area contributed by atoms with E-state index in [1.54, 1.807) is 12.1 Å². The van der Waals surface area contributed by atoms with Crippen LogP contribution < -0.4 is 4.74 Å². The van der Waals surface area contributed by atoms with Crippen molar-refractivity contribution >= 4 is 15.9 Å². The Bertz CT molecular complexity index is 786. The maximum absolute atomic E-state index is 9.60. The van der Waals surface area contributed by atoms with Crippen LogP contribution in [0.1, 0.15) is 0 Å². The van der Waals surface area contributed by atoms with Crippen molar-refractivity contribution < 1.29 is 14.4 Å². The SMILES string of the molecule is COc1cc(-c2nc(-c3cccc(Br)c3)no2)ccc1O. The highest BCUT2D eigenvalue weighted by atomic mass is 79.9. The third-order valence-electron chi connectivity index (χ3n) is 2.94. The number of rotatable bonds is 3. The van der Waals surface area contributed by atoms with Gasteiger partial charge in [-0.25, -0.2) is 0 Å². The van der Waals surface area contributed by atoms with Gasteiger partial charge in [0.05, 0.1) is 7.11 Å². The molecule has 0 aliphatic rings. The first-order valence-corrected chi connectivity index (χ1v) is 6.93. The average Bonchev–Trinajstić information content (AvgIpc) is 2.97. The lowest BCUT2D eigenvalue weighted by molar-refractivity contribution is 0.373. The Balaban J connectivity index is 1.98. The summed E-state index contributed by atoms with van der Waals surface area (Å²) in [7, 11) is 1.49. The minimum Gasteiger partial charge on any atom is -0.504 e. The molecule has 1 heterocycles. The first kappa shape index (κ1) is 13.6. The lowest BCUT2D eigenvalue weighted by atomic mass is 10.2. The first-order valence-electron chi connectivity index (χ1n) is 6.14. The molecule has 0 spiro atoms. The number of hydrogen-bond donors (Lipinski definition) is 1. The smallest absolute Gasteiger partial charge is 0.258 e. The number of aromatic nitrogens is 2. The van der Waals surface area contributed by atoms with Crippen LogP contribution in [0.25, 0.3) is 22.8 Å². The third kappa shape index (κ3) is 2.75. The largest absolute Gasteiger partial charge is 0.504 e. The maximum atomic E-state index is 9.60. The highest BCUT2D eigenvalue weighted by Gasteiger charge is 2.13. The number of phenols is 1. The minimum absolute atomic E-state index is 0.0629. The van der Waals surface area contributed by atoms with Crippen molar-refractivity contribution in [2.24, 2.45) is 0 Å². The monoisotopic (exact) mass is 346 g/mol. The Morgan fingerprint density at radius 3 is 2.76 bits per heavy atom. The zero-order chi connectivity index (χ0) is 14.8. The molecule has 0 unspecified atom stereocenters. The highest BCUT2D eigenvalue weighted by Crippen LogP contribution is 2.31. The Morgan fingerprint density at radius 2 is 2.00 bits per heavy atom. The zero-order valence-corrected chi connectivity index (χ0v) is 12.7. The molecule has 3 aromatic rings. The molecule has 0 atom stereocenters. The quantitative estimate of drug-likeness (QED) is 0.779. The molecular weight excluding hydrogens is 336 g/mol. The van der Waals surface area contributed by atoms with Crippen molar-refractivity contribution in [2.45, 2.75) is 0 Å². The van der Waals surface area contributed by atoms with E-state index in [9.17, 15) is 5.11 Å². The van der Waals surface area contributed by atoms with Gasteiger partial charge < -0.3 is 14.4 Å². The molecule has 0 saturated heterocycles. The predicted octanol–water partition coefficient (Wildman–Crippen LogP) is 3.88. The Morgan fingerprint density at radius 1 is 1.14 bits per heavy atom. The molecule has 21 heavy (non-hydrogen) atoms. The normalized spacial score (nSPS) is 10.6. The molecule has 6 heteroatoms. The van der Waals surface area contributed by atoms with Gasteiger partial charge in [0.15, 0.2) is 11.5 Å². The summed E-state index contributed by atoms with van der Waals surface area (Å²) in [5, 5.41) is 13.6. The molecule has 5 nitrogen and oxygen atoms in total. The van der Waals surface area contributed by atoms with E-state index in [1.807, 2.05) is 24.3 Å². The fourth-order valence-corrected chi connectivity index (χ4v) is 2.30. The van der Waals surface area contributed by atoms with E-state index in [-0.39, 0.29) is 5.75 Å². The van der Waals surface area contributed by atoms with Crippen molar-refractivity contribution in [2.75, 3.05) is 7.11 Å². The molecule has 0 amide bonds. The van der Waals surface area contributed by atoms with Gasteiger partial charge in [-0.15, -0.1) is 0 Å². The number of halogens is 1. The molecule has 106 valence electrons. The number of phenolic OH excluding ortho intramolecular Hbond substituents is 1. The summed E-state index contributed by atoms with van der Waals surface area (Å²) < 4.78 is 11.3. The summed E-state index contributed by atoms with van der Waals surface area (Å²) in [6, 6.07) is 12.5. The number of hydrogen-bond acceptors (Lipinski definition) is 5. The van der Waals surface area contributed by atoms with Gasteiger partial charge >= 0.3 is 0 Å². The van der Waals surface area contributed by atoms with Crippen molar-refractivity contribution in [1.82, 2.24) is 10.1 Å². The molecule has 0 fully saturated rings. The summed E-state index contributed by atoms with van der Waals surface area (Å²) in [5.74, 6) is 1.28. The van der Waals surface area contributed by atoms with Gasteiger partial charge in [0, 0.05) is 15.6 Å². The zero-order valence-electron chi connectivity index (χ0n) is 11.1. The van der Waals surface area contributed by atoms with Gasteiger partial charge in [-0.3, -0.25) is 0 Å². The maximum Gasteiger partial charge on any atom is 0.258 e. The number of methoxy groups -OCH3 is 1. The van der Waals surface area contributed by atoms with E-state index < -0.39 is 0 Å². The average molecular weight is 347 g/mol. The van der Waals surface area contributed by atoms with Crippen molar-refractivity contribution in [1.29, 1.82) is 0 Å². The van der Waals surface area contributed by atoms with Crippen LogP contribution in [0.15, 0.2) is 51.5 Å². The Labute approximate surface area is 129 Å². The fraction of sp³-hybridized carbons (Fsp3) is 0.0667. The second kappa shape index (κ2) is 5.57. The number of nitrogens with zero attached hydrogens (tertiary/aromatic N) is 2. The highest BCUT2D eigenvalue weighted by molar-refractivity contribution is 9.10. The van der Waals surface area contributed by atoms with E-state index in [0.717, 1.165) is 10.0 Å². The molecule has 2 aromatic carbocycles. The van der Waals surface area contributed by atoms with Gasteiger partial charge in [-0.2, -0.15) is 4.98 Å². The third-order valence-corrected chi connectivity index (χ3v) is 3.43. The summed E-state index contributed by atoms with van der Waals surface area (Å²) >= 11 is 3.41. The lowest BCUT2D eigenvalue weighted by Gasteiger charge is -2.03. The van der Waals surface area contributed by atoms with E-state index in [2.05, 4.69) is 26.1 Å². The topological polar surface area (TPSA) is 68.4 Å². The first-order chi connectivity index (χ1) is 10.2. The molecule has 0 aliphatic heterocycles. The van der Waals surface area contributed by atoms with Crippen LogP contribution in [0.2, 0.25) is 0 Å². The number of aromatic hydroxyl groups is 1. The lowest BCUT2D eigenvalue weighted by Crippen LogP contribution is -1.85. The summed E-state index contributed by atoms with van der Waals surface area (Å²) in [6.07, 6.45) is 0. The second-order valence-corrected chi connectivity index (χ2v) is 5.24. The van der Waals surface area contributed by atoms with Crippen LogP contribution in [0.5, 0.6) is 11.5 Å². The summed E-state index contributed by atoms with van der Waals surface area (Å²) in [5.41, 5.74) is 1.53. The molecule has 0 bridgehead atoms. The molecular formula is C15H11BrN2O3. The van der Waals surface area contributed by atoms with Crippen LogP contribution in [0.3, 0.4) is 0 Å². The predicted molar refractivity (Wildman–Crippen MR) is 81.1 cm³/mol. The van der Waals surface area contributed by atoms with Crippen molar-refractivity contribution in [3.63, 3.8) is 0 Å². The van der Waals surface area contributed by atoms with Gasteiger partial charge in [-0.1, -0.05) is 33.2 Å². The fourth-order valence-electron chi connectivity index (χ4n) is 1.90. The minimum atomic E-state index is 0.0629. The Hall–Kier alpha value is -2.34. The van der Waals surface area contributed by atoms with Crippen molar-refractivity contribution in [3.8, 4) is 34.3 Å². The van der Waals surface area contributed by atoms with Crippen LogP contribution >= 0.6 is 15.9 Å². The van der Waals surface area contributed by atoms with Crippen LogP contribution in [0.4, 0.5) is 0 Å². The van der Waals surface area contributed by atoms with E-state index in [4.69, 9.17) is 9.26 Å². The molecule has 3 rings (SSSR count). The van der Waals surface area contributed by atoms with Crippen LogP contribution in [-0.4, -0.2) is 22.4 Å². The summed E-state index contributed by atoms with van der Waals surface area (Å²) in [4.78, 5) is 4.36. The van der Waals surface area contributed by atoms with Crippen LogP contribution in [0, 0.1) is 0 Å². The molecule has 1 aromatic heterocycles. The molecule has 0 radical (unpaired) electrons.